The Balaban J connectivity index is 1.88. The molecule has 1 aromatic carbocycles. The molecule has 0 radical (unpaired) electrons. The third kappa shape index (κ3) is 2.79. The minimum atomic E-state index is -0.371. The molecule has 0 unspecified atom stereocenters. The molecule has 3 rings (SSSR count). The smallest absolute Gasteiger partial charge is 0.229 e. The second kappa shape index (κ2) is 5.54. The summed E-state index contributed by atoms with van der Waals surface area (Å²) in [6.45, 7) is 0. The Morgan fingerprint density at radius 3 is 2.57 bits per heavy atom. The molecule has 0 amide bonds. The molecule has 0 bridgehead atoms. The number of para-hydroxylation sites is 1. The molecule has 2 aliphatic rings. The molecular weight excluding hydrogens is 264 g/mol. The van der Waals surface area contributed by atoms with Gasteiger partial charge in [-0.3, -0.25) is 0 Å². The molecule has 4 heteroatoms. The Hall–Kier alpha value is -3.01. The first-order valence-electron chi connectivity index (χ1n) is 6.56. The standard InChI is InChI=1S/C17H13N2O2/c20-19(21)17-8-4-2-6-14(17)10-12-15-11-9-13-5-1-3-7-16(13)18-15/h1-12,18H/q-1. The lowest BCUT2D eigenvalue weighted by Crippen LogP contribution is -2.11. The van der Waals surface area contributed by atoms with E-state index in [0.29, 0.717) is 5.57 Å². The first kappa shape index (κ1) is 13.0. The Kier molecular flexibility index (Phi) is 3.43. The molecule has 4 nitrogen and oxygen atoms in total. The molecule has 0 fully saturated rings. The van der Waals surface area contributed by atoms with Crippen molar-refractivity contribution in [2.24, 2.45) is 0 Å². The van der Waals surface area contributed by atoms with E-state index in [1.165, 1.54) is 6.08 Å². The first-order chi connectivity index (χ1) is 10.2. The lowest BCUT2D eigenvalue weighted by atomic mass is 10.0. The molecule has 104 valence electrons. The van der Waals surface area contributed by atoms with E-state index in [2.05, 4.69) is 5.32 Å². The SMILES string of the molecule is [O-][N+]([O-])=C1C=CC=CC1=CC=C1C=Cc2ccccc2N1. The van der Waals surface area contributed by atoms with Gasteiger partial charge in [0, 0.05) is 23.0 Å². The summed E-state index contributed by atoms with van der Waals surface area (Å²) in [7, 11) is 0. The topological polar surface area (TPSA) is 61.2 Å². The lowest BCUT2D eigenvalue weighted by molar-refractivity contribution is -0.377. The van der Waals surface area contributed by atoms with Gasteiger partial charge in [-0.15, -0.1) is 0 Å². The predicted molar refractivity (Wildman–Crippen MR) is 85.5 cm³/mol. The molecule has 0 spiro atoms. The van der Waals surface area contributed by atoms with Gasteiger partial charge < -0.3 is 15.7 Å². The summed E-state index contributed by atoms with van der Waals surface area (Å²) in [6.07, 6.45) is 14.2. The van der Waals surface area contributed by atoms with Crippen LogP contribution in [0.3, 0.4) is 0 Å². The summed E-state index contributed by atoms with van der Waals surface area (Å²) >= 11 is 0. The van der Waals surface area contributed by atoms with Crippen LogP contribution in [-0.4, -0.2) is 10.6 Å². The van der Waals surface area contributed by atoms with Crippen LogP contribution in [-0.2, 0) is 0 Å². The highest BCUT2D eigenvalue weighted by Crippen LogP contribution is 2.24. The Bertz CT molecular complexity index is 746. The number of rotatable bonds is 1. The van der Waals surface area contributed by atoms with Crippen molar-refractivity contribution in [3.8, 4) is 0 Å². The second-order valence-corrected chi connectivity index (χ2v) is 4.65. The molecule has 0 aromatic heterocycles. The van der Waals surface area contributed by atoms with Crippen molar-refractivity contribution in [1.29, 1.82) is 0 Å². The molecule has 0 saturated heterocycles. The summed E-state index contributed by atoms with van der Waals surface area (Å²) in [5.41, 5.74) is 3.74. The molecule has 0 saturated carbocycles. The van der Waals surface area contributed by atoms with Crippen LogP contribution in [0.4, 0.5) is 5.69 Å². The van der Waals surface area contributed by atoms with Crippen LogP contribution in [0.1, 0.15) is 5.56 Å². The fourth-order valence-corrected chi connectivity index (χ4v) is 2.20. The summed E-state index contributed by atoms with van der Waals surface area (Å²) in [5.74, 6) is 0. The van der Waals surface area contributed by atoms with Crippen LogP contribution in [0.5, 0.6) is 0 Å². The number of hydrogen-bond acceptors (Lipinski definition) is 3. The average Bonchev–Trinajstić information content (AvgIpc) is 2.53. The number of allylic oxidation sites excluding steroid dienone is 8. The summed E-state index contributed by atoms with van der Waals surface area (Å²) < 4.78 is 0. The molecule has 1 N–H and O–H groups in total. The van der Waals surface area contributed by atoms with Crippen molar-refractivity contribution in [1.82, 2.24) is 0 Å². The van der Waals surface area contributed by atoms with Crippen LogP contribution in [0, 0.1) is 10.4 Å². The summed E-state index contributed by atoms with van der Waals surface area (Å²) in [4.78, 5) is -0.371. The fraction of sp³-hybridized carbons (Fsp3) is 0. The average molecular weight is 277 g/mol. The molecular formula is C17H13N2O2-. The first-order valence-corrected chi connectivity index (χ1v) is 6.56. The van der Waals surface area contributed by atoms with Crippen molar-refractivity contribution in [2.75, 3.05) is 5.32 Å². The van der Waals surface area contributed by atoms with E-state index in [4.69, 9.17) is 0 Å². The van der Waals surface area contributed by atoms with Gasteiger partial charge in [-0.05, 0) is 35.9 Å². The quantitative estimate of drug-likeness (QED) is 0.631. The molecule has 1 aromatic rings. The monoisotopic (exact) mass is 277 g/mol. The zero-order chi connectivity index (χ0) is 14.7. The molecule has 21 heavy (non-hydrogen) atoms. The Morgan fingerprint density at radius 2 is 1.71 bits per heavy atom. The van der Waals surface area contributed by atoms with Gasteiger partial charge in [-0.25, -0.2) is 0 Å². The van der Waals surface area contributed by atoms with E-state index in [9.17, 15) is 10.4 Å². The van der Waals surface area contributed by atoms with Crippen molar-refractivity contribution in [2.45, 2.75) is 0 Å². The van der Waals surface area contributed by atoms with Gasteiger partial charge in [-0.2, -0.15) is 4.90 Å². The minimum absolute atomic E-state index is 0.106. The molecule has 1 heterocycles. The van der Waals surface area contributed by atoms with E-state index >= 15 is 0 Å². The van der Waals surface area contributed by atoms with Crippen LogP contribution in [0.25, 0.3) is 6.08 Å². The highest BCUT2D eigenvalue weighted by Gasteiger charge is 2.10. The summed E-state index contributed by atoms with van der Waals surface area (Å²) in [5, 5.41) is 25.2. The van der Waals surface area contributed by atoms with Crippen LogP contribution < -0.4 is 5.32 Å². The van der Waals surface area contributed by atoms with Gasteiger partial charge in [-0.1, -0.05) is 36.4 Å². The normalized spacial score (nSPS) is 19.7. The maximum Gasteiger partial charge on any atom is 0.229 e. The van der Waals surface area contributed by atoms with Gasteiger partial charge in [0.15, 0.2) is 0 Å². The van der Waals surface area contributed by atoms with Crippen molar-refractivity contribution < 1.29 is 4.90 Å². The van der Waals surface area contributed by atoms with Gasteiger partial charge in [0.2, 0.25) is 5.71 Å². The van der Waals surface area contributed by atoms with Gasteiger partial charge in [0.1, 0.15) is 0 Å². The van der Waals surface area contributed by atoms with Crippen LogP contribution >= 0.6 is 0 Å². The summed E-state index contributed by atoms with van der Waals surface area (Å²) in [6, 6.07) is 7.98. The molecule has 1 aliphatic heterocycles. The van der Waals surface area contributed by atoms with Crippen molar-refractivity contribution in [3.05, 3.63) is 94.0 Å². The number of hydrogen-bond donors (Lipinski definition) is 1. The van der Waals surface area contributed by atoms with Crippen LogP contribution in [0.15, 0.2) is 78.1 Å². The van der Waals surface area contributed by atoms with E-state index in [1.54, 1.807) is 24.3 Å². The van der Waals surface area contributed by atoms with Crippen molar-refractivity contribution in [3.63, 3.8) is 0 Å². The zero-order valence-corrected chi connectivity index (χ0v) is 11.2. The number of anilines is 1. The largest absolute Gasteiger partial charge is 0.612 e. The second-order valence-electron chi connectivity index (χ2n) is 4.65. The van der Waals surface area contributed by atoms with Crippen LogP contribution in [0.2, 0.25) is 0 Å². The van der Waals surface area contributed by atoms with E-state index in [1.807, 2.05) is 42.5 Å². The maximum absolute atomic E-state index is 11.0. The van der Waals surface area contributed by atoms with Gasteiger partial charge in [0.05, 0.1) is 0 Å². The number of nitrogens with one attached hydrogen (secondary N) is 1. The lowest BCUT2D eigenvalue weighted by Gasteiger charge is -2.15. The highest BCUT2D eigenvalue weighted by atomic mass is 16.8. The number of benzene rings is 1. The Labute approximate surface area is 122 Å². The van der Waals surface area contributed by atoms with Gasteiger partial charge in [0.25, 0.3) is 0 Å². The van der Waals surface area contributed by atoms with Gasteiger partial charge >= 0.3 is 0 Å². The molecule has 0 atom stereocenters. The van der Waals surface area contributed by atoms with Crippen molar-refractivity contribution >= 4 is 17.5 Å². The Morgan fingerprint density at radius 1 is 0.905 bits per heavy atom. The fourth-order valence-electron chi connectivity index (χ4n) is 2.20. The third-order valence-corrected chi connectivity index (χ3v) is 3.26. The number of fused-ring (bicyclic) bond motifs is 1. The third-order valence-electron chi connectivity index (χ3n) is 3.26. The predicted octanol–water partition coefficient (Wildman–Crippen LogP) is 3.51. The van der Waals surface area contributed by atoms with E-state index < -0.39 is 0 Å². The number of nitrogens with zero attached hydrogens (tertiary/aromatic N) is 1. The van der Waals surface area contributed by atoms with E-state index in [0.717, 1.165) is 16.9 Å². The van der Waals surface area contributed by atoms with E-state index in [-0.39, 0.29) is 10.6 Å². The minimum Gasteiger partial charge on any atom is -0.612 e. The zero-order valence-electron chi connectivity index (χ0n) is 11.2. The maximum atomic E-state index is 11.0. The molecule has 1 aliphatic carbocycles. The highest BCUT2D eigenvalue weighted by molar-refractivity contribution is 6.08.